The van der Waals surface area contributed by atoms with E-state index in [1.807, 2.05) is 34.8 Å². The Morgan fingerprint density at radius 1 is 0.958 bits per heavy atom. The fourth-order valence-corrected chi connectivity index (χ4v) is 8.59. The van der Waals surface area contributed by atoms with Crippen LogP contribution in [0.4, 0.5) is 0 Å². The molecule has 6 heteroatoms. The predicted molar refractivity (Wildman–Crippen MR) is 99.2 cm³/mol. The van der Waals surface area contributed by atoms with Crippen LogP contribution in [0, 0.1) is 6.92 Å². The molecule has 0 spiro atoms. The first-order valence-electron chi connectivity index (χ1n) is 7.94. The van der Waals surface area contributed by atoms with Crippen LogP contribution in [-0.2, 0) is 0 Å². The number of methoxy groups -OCH3 is 2. The van der Waals surface area contributed by atoms with Crippen LogP contribution in [0.15, 0.2) is 30.3 Å². The Bertz CT molecular complexity index is 897. The van der Waals surface area contributed by atoms with Gasteiger partial charge in [0.05, 0.1) is 0 Å². The second kappa shape index (κ2) is 6.27. The van der Waals surface area contributed by atoms with Gasteiger partial charge in [0, 0.05) is 0 Å². The van der Waals surface area contributed by atoms with Crippen molar-refractivity contribution >= 4 is 27.7 Å². The number of rotatable bonds is 4. The second-order valence-corrected chi connectivity index (χ2v) is 21.0. The van der Waals surface area contributed by atoms with Crippen LogP contribution in [0.5, 0.6) is 11.5 Å². The number of hydrogen-bond donors (Lipinski definition) is 0. The number of hydrogen-bond acceptors (Lipinski definition) is 4. The molecule has 0 aliphatic heterocycles. The Balaban J connectivity index is 2.18. The van der Waals surface area contributed by atoms with Crippen LogP contribution >= 0.6 is 0 Å². The molecule has 3 aromatic rings. The van der Waals surface area contributed by atoms with Gasteiger partial charge in [-0.25, -0.2) is 0 Å². The molecule has 0 aliphatic carbocycles. The SMILES string of the molecule is COc1ccc(-c2ccc3nc(C)[c]([Sn]([CH3])([CH3])[CH3])n3n2)cc1OC. The molecule has 1 aromatic carbocycles. The van der Waals surface area contributed by atoms with Crippen molar-refractivity contribution in [1.29, 1.82) is 0 Å². The number of benzene rings is 1. The number of aromatic nitrogens is 3. The molecular weight excluding hydrogens is 409 g/mol. The predicted octanol–water partition coefficient (Wildman–Crippen LogP) is 3.27. The molecule has 126 valence electrons. The van der Waals surface area contributed by atoms with Crippen LogP contribution in [0.2, 0.25) is 14.8 Å². The summed E-state index contributed by atoms with van der Waals surface area (Å²) >= 11 is -2.33. The molecule has 0 unspecified atom stereocenters. The Morgan fingerprint density at radius 2 is 1.67 bits per heavy atom. The first-order chi connectivity index (χ1) is 11.3. The van der Waals surface area contributed by atoms with Gasteiger partial charge in [0.15, 0.2) is 0 Å². The van der Waals surface area contributed by atoms with Crippen LogP contribution in [-0.4, -0.2) is 47.2 Å². The molecule has 0 fully saturated rings. The quantitative estimate of drug-likeness (QED) is 0.595. The topological polar surface area (TPSA) is 48.7 Å². The van der Waals surface area contributed by atoms with Crippen molar-refractivity contribution in [2.75, 3.05) is 14.2 Å². The number of fused-ring (bicyclic) bond motifs is 1. The number of nitrogens with zero attached hydrogens (tertiary/aromatic N) is 3. The van der Waals surface area contributed by atoms with Gasteiger partial charge in [0.2, 0.25) is 0 Å². The molecule has 0 bridgehead atoms. The van der Waals surface area contributed by atoms with E-state index in [1.165, 1.54) is 3.71 Å². The Morgan fingerprint density at radius 3 is 2.29 bits per heavy atom. The minimum atomic E-state index is -2.33. The van der Waals surface area contributed by atoms with E-state index >= 15 is 0 Å². The summed E-state index contributed by atoms with van der Waals surface area (Å²) in [6, 6.07) is 9.90. The molecule has 0 aliphatic rings. The molecule has 24 heavy (non-hydrogen) atoms. The summed E-state index contributed by atoms with van der Waals surface area (Å²) in [5.74, 6) is 1.42. The molecule has 2 heterocycles. The third-order valence-electron chi connectivity index (χ3n) is 4.04. The van der Waals surface area contributed by atoms with Crippen LogP contribution in [0.25, 0.3) is 16.9 Å². The van der Waals surface area contributed by atoms with Crippen LogP contribution < -0.4 is 13.2 Å². The molecule has 5 nitrogen and oxygen atoms in total. The van der Waals surface area contributed by atoms with Gasteiger partial charge in [-0.2, -0.15) is 0 Å². The Hall–Kier alpha value is -1.76. The van der Waals surface area contributed by atoms with Gasteiger partial charge in [-0.05, 0) is 0 Å². The van der Waals surface area contributed by atoms with Crippen molar-refractivity contribution in [3.8, 4) is 22.8 Å². The fourth-order valence-electron chi connectivity index (χ4n) is 3.05. The van der Waals surface area contributed by atoms with Crippen molar-refractivity contribution in [3.05, 3.63) is 36.0 Å². The van der Waals surface area contributed by atoms with Gasteiger partial charge in [-0.3, -0.25) is 0 Å². The monoisotopic (exact) mass is 433 g/mol. The Kier molecular flexibility index (Phi) is 4.46. The third-order valence-corrected chi connectivity index (χ3v) is 9.73. The van der Waals surface area contributed by atoms with E-state index in [4.69, 9.17) is 14.6 Å². The first kappa shape index (κ1) is 17.1. The van der Waals surface area contributed by atoms with E-state index in [0.29, 0.717) is 11.5 Å². The normalized spacial score (nSPS) is 11.8. The van der Waals surface area contributed by atoms with Gasteiger partial charge in [-0.15, -0.1) is 0 Å². The summed E-state index contributed by atoms with van der Waals surface area (Å²) in [6.07, 6.45) is 0. The van der Waals surface area contributed by atoms with Crippen molar-refractivity contribution in [3.63, 3.8) is 0 Å². The summed E-state index contributed by atoms with van der Waals surface area (Å²) < 4.78 is 14.1. The van der Waals surface area contributed by atoms with Gasteiger partial charge in [0.25, 0.3) is 0 Å². The molecule has 0 saturated heterocycles. The summed E-state index contributed by atoms with van der Waals surface area (Å²) in [4.78, 5) is 11.8. The van der Waals surface area contributed by atoms with E-state index in [2.05, 4.69) is 26.7 Å². The summed E-state index contributed by atoms with van der Waals surface area (Å²) in [5, 5.41) is 4.87. The van der Waals surface area contributed by atoms with Crippen molar-refractivity contribution in [2.45, 2.75) is 21.7 Å². The van der Waals surface area contributed by atoms with Gasteiger partial charge in [0.1, 0.15) is 0 Å². The third kappa shape index (κ3) is 2.97. The van der Waals surface area contributed by atoms with Gasteiger partial charge in [-0.1, -0.05) is 0 Å². The van der Waals surface area contributed by atoms with E-state index in [9.17, 15) is 0 Å². The van der Waals surface area contributed by atoms with Gasteiger partial charge < -0.3 is 0 Å². The average Bonchev–Trinajstić information content (AvgIpc) is 2.88. The van der Waals surface area contributed by atoms with E-state index < -0.39 is 18.4 Å². The Labute approximate surface area is 146 Å². The van der Waals surface area contributed by atoms with Crippen LogP contribution in [0.3, 0.4) is 0 Å². The first-order valence-corrected chi connectivity index (χ1v) is 17.9. The zero-order valence-corrected chi connectivity index (χ0v) is 17.9. The molecule has 0 N–H and O–H groups in total. The number of imidazole rings is 1. The molecule has 0 saturated carbocycles. The number of aryl methyl sites for hydroxylation is 1. The zero-order valence-electron chi connectivity index (χ0n) is 15.0. The zero-order chi connectivity index (χ0) is 17.5. The molecule has 3 rings (SSSR count). The standard InChI is InChI=1S/C15H14N3O2.3CH3.Sn/c1-10-9-18-15(16-10)7-5-12(17-18)11-4-6-13(19-2)14(8-11)20-3;;;;/h4-8H,1-3H3;3*1H3;. The van der Waals surface area contributed by atoms with Crippen molar-refractivity contribution < 1.29 is 9.47 Å². The fraction of sp³-hybridized carbons (Fsp3) is 0.333. The molecule has 0 atom stereocenters. The summed E-state index contributed by atoms with van der Waals surface area (Å²) in [6.45, 7) is 2.09. The molecule has 0 radical (unpaired) electrons. The molecule has 2 aromatic heterocycles. The maximum absolute atomic E-state index is 5.41. The van der Waals surface area contributed by atoms with E-state index in [1.54, 1.807) is 14.2 Å². The van der Waals surface area contributed by atoms with E-state index in [-0.39, 0.29) is 0 Å². The summed E-state index contributed by atoms with van der Waals surface area (Å²) in [7, 11) is 3.28. The second-order valence-electron chi connectivity index (χ2n) is 6.85. The number of ether oxygens (including phenoxy) is 2. The van der Waals surface area contributed by atoms with Crippen molar-refractivity contribution in [2.24, 2.45) is 0 Å². The minimum absolute atomic E-state index is 0.703. The van der Waals surface area contributed by atoms with Gasteiger partial charge >= 0.3 is 147 Å². The van der Waals surface area contributed by atoms with E-state index in [0.717, 1.165) is 22.6 Å². The molecular formula is C18H23N3O2Sn. The maximum atomic E-state index is 5.41. The van der Waals surface area contributed by atoms with Crippen molar-refractivity contribution in [1.82, 2.24) is 14.6 Å². The average molecular weight is 432 g/mol. The summed E-state index contributed by atoms with van der Waals surface area (Å²) in [5.41, 5.74) is 3.92. The van der Waals surface area contributed by atoms with Crippen LogP contribution in [0.1, 0.15) is 5.69 Å². The molecule has 0 amide bonds.